The summed E-state index contributed by atoms with van der Waals surface area (Å²) >= 11 is 3.38. The third-order valence-corrected chi connectivity index (χ3v) is 3.05. The van der Waals surface area contributed by atoms with Crippen LogP contribution in [0.25, 0.3) is 16.7 Å². The van der Waals surface area contributed by atoms with Gasteiger partial charge in [-0.1, -0.05) is 0 Å². The number of hydrogen-bond donors (Lipinski definition) is 0. The summed E-state index contributed by atoms with van der Waals surface area (Å²) in [4.78, 5) is 4.28. The zero-order valence-electron chi connectivity index (χ0n) is 8.64. The van der Waals surface area contributed by atoms with Crippen molar-refractivity contribution >= 4 is 27.0 Å². The molecule has 0 aliphatic rings. The van der Waals surface area contributed by atoms with Crippen molar-refractivity contribution in [1.82, 2.24) is 14.8 Å². The number of rotatable bonds is 1. The highest BCUT2D eigenvalue weighted by Gasteiger charge is 2.10. The lowest BCUT2D eigenvalue weighted by molar-refractivity contribution is 0.627. The molecule has 0 saturated carbocycles. The molecule has 0 atom stereocenters. The van der Waals surface area contributed by atoms with Gasteiger partial charge in [-0.05, 0) is 52.3 Å². The van der Waals surface area contributed by atoms with Crippen LogP contribution in [0.2, 0.25) is 0 Å². The molecule has 2 aromatic heterocycles. The Bertz CT molecular complexity index is 676. The van der Waals surface area contributed by atoms with E-state index in [1.807, 2.05) is 12.1 Å². The van der Waals surface area contributed by atoms with E-state index in [0.717, 1.165) is 21.3 Å². The topological polar surface area (TPSA) is 30.7 Å². The molecule has 0 bridgehead atoms. The van der Waals surface area contributed by atoms with E-state index in [4.69, 9.17) is 0 Å². The summed E-state index contributed by atoms with van der Waals surface area (Å²) in [5.74, 6) is -0.266. The fraction of sp³-hybridized carbons (Fsp3) is 0. The van der Waals surface area contributed by atoms with E-state index in [1.54, 1.807) is 23.0 Å². The van der Waals surface area contributed by atoms with Crippen LogP contribution in [-0.2, 0) is 0 Å². The Balaban J connectivity index is 2.27. The Morgan fingerprint density at radius 2 is 1.88 bits per heavy atom. The molecule has 1 aromatic carbocycles. The number of aromatic nitrogens is 3. The van der Waals surface area contributed by atoms with Gasteiger partial charge < -0.3 is 0 Å². The van der Waals surface area contributed by atoms with Crippen molar-refractivity contribution in [2.45, 2.75) is 0 Å². The van der Waals surface area contributed by atoms with E-state index in [9.17, 15) is 4.39 Å². The molecule has 17 heavy (non-hydrogen) atoms. The summed E-state index contributed by atoms with van der Waals surface area (Å²) in [6, 6.07) is 9.92. The Morgan fingerprint density at radius 3 is 2.65 bits per heavy atom. The zero-order valence-corrected chi connectivity index (χ0v) is 10.2. The lowest BCUT2D eigenvalue weighted by Crippen LogP contribution is -1.97. The highest BCUT2D eigenvalue weighted by Crippen LogP contribution is 2.23. The van der Waals surface area contributed by atoms with Gasteiger partial charge in [-0.2, -0.15) is 5.10 Å². The molecule has 0 saturated heterocycles. The van der Waals surface area contributed by atoms with Crippen molar-refractivity contribution in [2.75, 3.05) is 0 Å². The number of hydrogen-bond acceptors (Lipinski definition) is 2. The first-order valence-electron chi connectivity index (χ1n) is 5.01. The van der Waals surface area contributed by atoms with Crippen molar-refractivity contribution in [3.8, 4) is 5.69 Å². The Kier molecular flexibility index (Phi) is 2.40. The van der Waals surface area contributed by atoms with Gasteiger partial charge in [-0.3, -0.25) is 0 Å². The maximum Gasteiger partial charge on any atom is 0.164 e. The number of nitrogens with zero attached hydrogens (tertiary/aromatic N) is 3. The minimum atomic E-state index is -0.266. The molecular formula is C12H7BrFN3. The van der Waals surface area contributed by atoms with Gasteiger partial charge in [-0.15, -0.1) is 0 Å². The summed E-state index contributed by atoms with van der Waals surface area (Å²) in [5, 5.41) is 5.27. The number of fused-ring (bicyclic) bond motifs is 1. The van der Waals surface area contributed by atoms with E-state index in [0.29, 0.717) is 0 Å². The summed E-state index contributed by atoms with van der Waals surface area (Å²) < 4.78 is 15.3. The third kappa shape index (κ3) is 1.72. The van der Waals surface area contributed by atoms with Gasteiger partial charge in [-0.25, -0.2) is 14.1 Å². The van der Waals surface area contributed by atoms with E-state index < -0.39 is 0 Å². The third-order valence-electron chi connectivity index (χ3n) is 2.47. The lowest BCUT2D eigenvalue weighted by atomic mass is 10.3. The van der Waals surface area contributed by atoms with Gasteiger partial charge in [0, 0.05) is 6.20 Å². The second kappa shape index (κ2) is 3.92. The maximum atomic E-state index is 12.9. The number of pyridine rings is 1. The standard InChI is InChI=1S/C12H7BrFN3/c13-11-10-2-1-7-15-12(10)17(16-11)9-5-3-8(14)4-6-9/h1-7H. The van der Waals surface area contributed by atoms with Gasteiger partial charge in [0.1, 0.15) is 10.4 Å². The predicted octanol–water partition coefficient (Wildman–Crippen LogP) is 3.32. The first kappa shape index (κ1) is 10.4. The van der Waals surface area contributed by atoms with Gasteiger partial charge in [0.2, 0.25) is 0 Å². The van der Waals surface area contributed by atoms with E-state index in [1.165, 1.54) is 12.1 Å². The van der Waals surface area contributed by atoms with Crippen molar-refractivity contribution < 1.29 is 4.39 Å². The molecule has 0 radical (unpaired) electrons. The average Bonchev–Trinajstić information content (AvgIpc) is 2.69. The fourth-order valence-corrected chi connectivity index (χ4v) is 2.15. The van der Waals surface area contributed by atoms with Crippen LogP contribution < -0.4 is 0 Å². The maximum absolute atomic E-state index is 12.9. The first-order chi connectivity index (χ1) is 8.25. The van der Waals surface area contributed by atoms with Crippen LogP contribution >= 0.6 is 15.9 Å². The van der Waals surface area contributed by atoms with Crippen LogP contribution in [-0.4, -0.2) is 14.8 Å². The molecule has 0 aliphatic carbocycles. The second-order valence-corrected chi connectivity index (χ2v) is 4.30. The molecule has 0 amide bonds. The Morgan fingerprint density at radius 1 is 1.12 bits per heavy atom. The summed E-state index contributed by atoms with van der Waals surface area (Å²) in [5.41, 5.74) is 1.52. The fourth-order valence-electron chi connectivity index (χ4n) is 1.68. The minimum absolute atomic E-state index is 0.266. The molecule has 0 aliphatic heterocycles. The number of halogens is 2. The SMILES string of the molecule is Fc1ccc(-n2nc(Br)c3cccnc32)cc1. The van der Waals surface area contributed by atoms with Gasteiger partial charge in [0.05, 0.1) is 11.1 Å². The predicted molar refractivity (Wildman–Crippen MR) is 66.5 cm³/mol. The van der Waals surface area contributed by atoms with Crippen LogP contribution in [0.4, 0.5) is 4.39 Å². The monoisotopic (exact) mass is 291 g/mol. The van der Waals surface area contributed by atoms with Gasteiger partial charge in [0.15, 0.2) is 5.65 Å². The molecule has 84 valence electrons. The summed E-state index contributed by atoms with van der Waals surface area (Å²) in [7, 11) is 0. The average molecular weight is 292 g/mol. The lowest BCUT2D eigenvalue weighted by Gasteiger charge is -2.01. The zero-order chi connectivity index (χ0) is 11.8. The van der Waals surface area contributed by atoms with Gasteiger partial charge >= 0.3 is 0 Å². The Labute approximate surface area is 105 Å². The molecule has 0 fully saturated rings. The molecule has 5 heteroatoms. The van der Waals surface area contributed by atoms with E-state index >= 15 is 0 Å². The summed E-state index contributed by atoms with van der Waals surface area (Å²) in [6.45, 7) is 0. The van der Waals surface area contributed by atoms with Crippen molar-refractivity contribution in [3.63, 3.8) is 0 Å². The van der Waals surface area contributed by atoms with Crippen LogP contribution in [0.15, 0.2) is 47.2 Å². The highest BCUT2D eigenvalue weighted by atomic mass is 79.9. The molecular weight excluding hydrogens is 285 g/mol. The molecule has 0 N–H and O–H groups in total. The largest absolute Gasteiger partial charge is 0.236 e. The smallest absolute Gasteiger partial charge is 0.164 e. The molecule has 3 rings (SSSR count). The highest BCUT2D eigenvalue weighted by molar-refractivity contribution is 9.10. The van der Waals surface area contributed by atoms with E-state index in [-0.39, 0.29) is 5.82 Å². The first-order valence-corrected chi connectivity index (χ1v) is 5.80. The second-order valence-electron chi connectivity index (χ2n) is 3.55. The molecule has 0 spiro atoms. The van der Waals surface area contributed by atoms with Crippen molar-refractivity contribution in [1.29, 1.82) is 0 Å². The van der Waals surface area contributed by atoms with Crippen LogP contribution in [0.3, 0.4) is 0 Å². The van der Waals surface area contributed by atoms with Crippen molar-refractivity contribution in [2.24, 2.45) is 0 Å². The van der Waals surface area contributed by atoms with Crippen LogP contribution in [0.5, 0.6) is 0 Å². The number of benzene rings is 1. The van der Waals surface area contributed by atoms with Crippen LogP contribution in [0, 0.1) is 5.82 Å². The molecule has 0 unspecified atom stereocenters. The quantitative estimate of drug-likeness (QED) is 0.689. The minimum Gasteiger partial charge on any atom is -0.236 e. The molecule has 3 aromatic rings. The van der Waals surface area contributed by atoms with Crippen LogP contribution in [0.1, 0.15) is 0 Å². The summed E-state index contributed by atoms with van der Waals surface area (Å²) in [6.07, 6.45) is 1.70. The normalized spacial score (nSPS) is 10.9. The van der Waals surface area contributed by atoms with Gasteiger partial charge in [0.25, 0.3) is 0 Å². The van der Waals surface area contributed by atoms with Crippen molar-refractivity contribution in [3.05, 3.63) is 53.0 Å². The molecule has 2 heterocycles. The molecule has 3 nitrogen and oxygen atoms in total. The Hall–Kier alpha value is -1.75. The van der Waals surface area contributed by atoms with E-state index in [2.05, 4.69) is 26.0 Å².